The molecule has 0 unspecified atom stereocenters. The Morgan fingerprint density at radius 2 is 1.96 bits per heavy atom. The molecule has 3 heterocycles. The topological polar surface area (TPSA) is 50.5 Å². The largest absolute Gasteiger partial charge is 0.291 e. The first-order valence-electron chi connectivity index (χ1n) is 8.57. The van der Waals surface area contributed by atoms with Gasteiger partial charge in [0.15, 0.2) is 0 Å². The summed E-state index contributed by atoms with van der Waals surface area (Å²) in [5.41, 5.74) is 3.35. The summed E-state index contributed by atoms with van der Waals surface area (Å²) in [6.07, 6.45) is 0. The van der Waals surface area contributed by atoms with E-state index in [1.165, 1.54) is 4.70 Å². The lowest BCUT2D eigenvalue weighted by molar-refractivity contribution is 0.250. The van der Waals surface area contributed by atoms with Crippen LogP contribution in [-0.4, -0.2) is 26.3 Å². The number of hydrogen-bond donors (Lipinski definition) is 0. The van der Waals surface area contributed by atoms with Crippen molar-refractivity contribution in [3.8, 4) is 0 Å². The lowest BCUT2D eigenvalue weighted by Gasteiger charge is -2.22. The standard InChI is InChI=1S/C20H20N4OS/c1-13-7-6-10-18-21-15(11-19(25)24(13)18)12-23(3)14(2)20-22-16-8-4-5-9-17(16)26-20/h4-11,14H,12H2,1-3H3/t14-/m0/s1. The van der Waals surface area contributed by atoms with Crippen LogP contribution in [0.25, 0.3) is 15.9 Å². The zero-order valence-corrected chi connectivity index (χ0v) is 15.8. The monoisotopic (exact) mass is 364 g/mol. The van der Waals surface area contributed by atoms with Crippen LogP contribution in [0.5, 0.6) is 0 Å². The van der Waals surface area contributed by atoms with Crippen LogP contribution in [0, 0.1) is 6.92 Å². The Morgan fingerprint density at radius 3 is 2.77 bits per heavy atom. The van der Waals surface area contributed by atoms with Crippen molar-refractivity contribution in [1.29, 1.82) is 0 Å². The first-order chi connectivity index (χ1) is 12.5. The van der Waals surface area contributed by atoms with Gasteiger partial charge in [-0.3, -0.25) is 14.1 Å². The van der Waals surface area contributed by atoms with Crippen LogP contribution in [0.3, 0.4) is 0 Å². The van der Waals surface area contributed by atoms with Crippen molar-refractivity contribution in [3.05, 3.63) is 75.3 Å². The van der Waals surface area contributed by atoms with Crippen LogP contribution in [-0.2, 0) is 6.54 Å². The third-order valence-corrected chi connectivity index (χ3v) is 5.88. The van der Waals surface area contributed by atoms with E-state index in [0.29, 0.717) is 12.2 Å². The molecule has 1 aromatic carbocycles. The first kappa shape index (κ1) is 16.9. The summed E-state index contributed by atoms with van der Waals surface area (Å²) in [6.45, 7) is 4.64. The Morgan fingerprint density at radius 1 is 1.15 bits per heavy atom. The number of hydrogen-bond acceptors (Lipinski definition) is 5. The van der Waals surface area contributed by atoms with Gasteiger partial charge in [-0.15, -0.1) is 11.3 Å². The Kier molecular flexibility index (Phi) is 4.30. The van der Waals surface area contributed by atoms with Crippen LogP contribution in [0.4, 0.5) is 0 Å². The quantitative estimate of drug-likeness (QED) is 0.553. The summed E-state index contributed by atoms with van der Waals surface area (Å²) >= 11 is 1.71. The predicted octanol–water partition coefficient (Wildman–Crippen LogP) is 3.81. The van der Waals surface area contributed by atoms with E-state index in [1.807, 2.05) is 50.4 Å². The molecule has 4 aromatic rings. The van der Waals surface area contributed by atoms with E-state index in [2.05, 4.69) is 22.9 Å². The molecule has 26 heavy (non-hydrogen) atoms. The van der Waals surface area contributed by atoms with Gasteiger partial charge in [-0.25, -0.2) is 9.97 Å². The Labute approximate surface area is 155 Å². The molecule has 0 amide bonds. The zero-order chi connectivity index (χ0) is 18.3. The van der Waals surface area contributed by atoms with E-state index in [0.717, 1.165) is 21.9 Å². The SMILES string of the molecule is Cc1cccc2nc(CN(C)[C@@H](C)c3nc4ccccc4s3)cc(=O)n12. The third-order valence-electron chi connectivity index (χ3n) is 4.67. The van der Waals surface area contributed by atoms with E-state index < -0.39 is 0 Å². The second kappa shape index (κ2) is 6.63. The molecule has 0 N–H and O–H groups in total. The summed E-state index contributed by atoms with van der Waals surface area (Å²) in [7, 11) is 2.04. The fraction of sp³-hybridized carbons (Fsp3) is 0.250. The number of nitrogens with zero attached hydrogens (tertiary/aromatic N) is 4. The highest BCUT2D eigenvalue weighted by atomic mass is 32.1. The van der Waals surface area contributed by atoms with Crippen molar-refractivity contribution in [1.82, 2.24) is 19.3 Å². The fourth-order valence-electron chi connectivity index (χ4n) is 3.09. The highest BCUT2D eigenvalue weighted by Crippen LogP contribution is 2.29. The van der Waals surface area contributed by atoms with Gasteiger partial charge >= 0.3 is 0 Å². The average molecular weight is 364 g/mol. The van der Waals surface area contributed by atoms with Gasteiger partial charge in [-0.2, -0.15) is 0 Å². The number of benzene rings is 1. The summed E-state index contributed by atoms with van der Waals surface area (Å²) < 4.78 is 2.83. The van der Waals surface area contributed by atoms with Crippen molar-refractivity contribution in [2.75, 3.05) is 7.05 Å². The molecule has 6 heteroatoms. The number of aryl methyl sites for hydroxylation is 1. The summed E-state index contributed by atoms with van der Waals surface area (Å²) in [6, 6.07) is 15.7. The van der Waals surface area contributed by atoms with Gasteiger partial charge < -0.3 is 0 Å². The molecule has 4 rings (SSSR count). The highest BCUT2D eigenvalue weighted by molar-refractivity contribution is 7.18. The van der Waals surface area contributed by atoms with Crippen molar-refractivity contribution >= 4 is 27.2 Å². The van der Waals surface area contributed by atoms with E-state index in [9.17, 15) is 4.79 Å². The number of rotatable bonds is 4. The molecular formula is C20H20N4OS. The lowest BCUT2D eigenvalue weighted by atomic mass is 10.2. The average Bonchev–Trinajstić information content (AvgIpc) is 3.04. The van der Waals surface area contributed by atoms with Crippen LogP contribution in [0.15, 0.2) is 53.3 Å². The van der Waals surface area contributed by atoms with Crippen molar-refractivity contribution < 1.29 is 0 Å². The van der Waals surface area contributed by atoms with E-state index in [4.69, 9.17) is 4.98 Å². The molecule has 5 nitrogen and oxygen atoms in total. The normalized spacial score (nSPS) is 12.9. The second-order valence-electron chi connectivity index (χ2n) is 6.56. The minimum absolute atomic E-state index is 0.0378. The number of fused-ring (bicyclic) bond motifs is 2. The molecule has 132 valence electrons. The molecule has 0 radical (unpaired) electrons. The van der Waals surface area contributed by atoms with Gasteiger partial charge in [0.25, 0.3) is 5.56 Å². The van der Waals surface area contributed by atoms with E-state index in [-0.39, 0.29) is 11.6 Å². The maximum Gasteiger partial charge on any atom is 0.258 e. The summed E-state index contributed by atoms with van der Waals surface area (Å²) in [5, 5.41) is 1.07. The third kappa shape index (κ3) is 3.02. The first-order valence-corrected chi connectivity index (χ1v) is 9.38. The van der Waals surface area contributed by atoms with Crippen LogP contribution in [0.2, 0.25) is 0 Å². The molecule has 0 aliphatic heterocycles. The molecule has 0 bridgehead atoms. The molecule has 0 saturated heterocycles. The molecular weight excluding hydrogens is 344 g/mol. The second-order valence-corrected chi connectivity index (χ2v) is 7.62. The molecule has 0 saturated carbocycles. The Balaban J connectivity index is 1.62. The van der Waals surface area contributed by atoms with Crippen molar-refractivity contribution in [3.63, 3.8) is 0 Å². The fourth-order valence-corrected chi connectivity index (χ4v) is 4.18. The molecule has 0 spiro atoms. The number of para-hydroxylation sites is 1. The zero-order valence-electron chi connectivity index (χ0n) is 15.0. The highest BCUT2D eigenvalue weighted by Gasteiger charge is 2.17. The number of pyridine rings is 1. The number of aromatic nitrogens is 3. The smallest absolute Gasteiger partial charge is 0.258 e. The van der Waals surface area contributed by atoms with Gasteiger partial charge in [-0.05, 0) is 45.2 Å². The Hall–Kier alpha value is -2.57. The summed E-state index contributed by atoms with van der Waals surface area (Å²) in [4.78, 5) is 24.0. The van der Waals surface area contributed by atoms with Crippen LogP contribution in [0.1, 0.15) is 29.4 Å². The molecule has 3 aromatic heterocycles. The minimum atomic E-state index is -0.0378. The maximum atomic E-state index is 12.5. The maximum absolute atomic E-state index is 12.5. The van der Waals surface area contributed by atoms with E-state index >= 15 is 0 Å². The molecule has 0 aliphatic rings. The molecule has 1 atom stereocenters. The van der Waals surface area contributed by atoms with Crippen LogP contribution < -0.4 is 5.56 Å². The van der Waals surface area contributed by atoms with Crippen LogP contribution >= 0.6 is 11.3 Å². The Bertz CT molecular complexity index is 1110. The van der Waals surface area contributed by atoms with Gasteiger partial charge in [0.2, 0.25) is 0 Å². The van der Waals surface area contributed by atoms with Crippen molar-refractivity contribution in [2.24, 2.45) is 0 Å². The number of thiazole rings is 1. The van der Waals surface area contributed by atoms with E-state index in [1.54, 1.807) is 21.8 Å². The van der Waals surface area contributed by atoms with Gasteiger partial charge in [-0.1, -0.05) is 18.2 Å². The minimum Gasteiger partial charge on any atom is -0.291 e. The van der Waals surface area contributed by atoms with Gasteiger partial charge in [0.05, 0.1) is 22.0 Å². The van der Waals surface area contributed by atoms with Gasteiger partial charge in [0, 0.05) is 18.3 Å². The predicted molar refractivity (Wildman–Crippen MR) is 106 cm³/mol. The molecule has 0 fully saturated rings. The lowest BCUT2D eigenvalue weighted by Crippen LogP contribution is -2.25. The van der Waals surface area contributed by atoms with Gasteiger partial charge in [0.1, 0.15) is 10.7 Å². The molecule has 0 aliphatic carbocycles. The summed E-state index contributed by atoms with van der Waals surface area (Å²) in [5.74, 6) is 0. The van der Waals surface area contributed by atoms with Crippen molar-refractivity contribution in [2.45, 2.75) is 26.4 Å².